The fourth-order valence-electron chi connectivity index (χ4n) is 8.11. The van der Waals surface area contributed by atoms with Crippen LogP contribution >= 0.6 is 8.53 Å². The van der Waals surface area contributed by atoms with Crippen LogP contribution in [0, 0.1) is 11.3 Å². The Labute approximate surface area is 369 Å². The van der Waals surface area contributed by atoms with Crippen molar-refractivity contribution in [2.24, 2.45) is 4.99 Å². The molecule has 5 aromatic rings. The average Bonchev–Trinajstić information content (AvgIpc) is 3.91. The van der Waals surface area contributed by atoms with Crippen molar-refractivity contribution in [3.63, 3.8) is 0 Å². The summed E-state index contributed by atoms with van der Waals surface area (Å²) in [5.74, 6) is 2.30. The predicted octanol–water partition coefficient (Wildman–Crippen LogP) is 7.48. The van der Waals surface area contributed by atoms with Crippen molar-refractivity contribution in [2.45, 2.75) is 83.6 Å². The summed E-state index contributed by atoms with van der Waals surface area (Å²) < 4.78 is 48.5. The second-order valence-corrected chi connectivity index (χ2v) is 17.2. The molecule has 0 bridgehead atoms. The molecule has 334 valence electrons. The van der Waals surface area contributed by atoms with E-state index in [0.717, 1.165) is 22.5 Å². The van der Waals surface area contributed by atoms with Gasteiger partial charge in [0.2, 0.25) is 5.95 Å². The molecule has 63 heavy (non-hydrogen) atoms. The van der Waals surface area contributed by atoms with E-state index >= 15 is 0 Å². The Balaban J connectivity index is 1.30. The number of morpholine rings is 1. The molecule has 2 aromatic heterocycles. The van der Waals surface area contributed by atoms with E-state index in [0.29, 0.717) is 49.9 Å². The number of fused-ring (bicyclic) bond motifs is 1. The summed E-state index contributed by atoms with van der Waals surface area (Å²) in [6.45, 7) is 13.1. The molecule has 2 aliphatic heterocycles. The summed E-state index contributed by atoms with van der Waals surface area (Å²) in [6.07, 6.45) is 0.209. The van der Waals surface area contributed by atoms with Gasteiger partial charge in [0.15, 0.2) is 11.2 Å². The first-order valence-corrected chi connectivity index (χ1v) is 22.4. The lowest BCUT2D eigenvalue weighted by Crippen LogP contribution is -2.39. The molecular weight excluding hydrogens is 824 g/mol. The standard InChI is InChI=1S/C46H57N8O8P/c1-31(2)54(32(3)4)63(60-25-11-22-47)62-39-28-41(53-30-48-42-43(53)50-45(51-44(42)55)49-33(5)52-23-26-58-27-24-52)61-40(39)29-59-46(34-12-9-8-10-13-34,35-14-18-37(56-6)19-15-35)36-16-20-38(57-7)21-17-36/h8-10,12-21,30-32,39-41H,11,23-29H2,1-7H3,(H,50,51,55)/t39-,40-,41-,63?/m1/s1. The summed E-state index contributed by atoms with van der Waals surface area (Å²) in [5, 5.41) is 9.45. The van der Waals surface area contributed by atoms with Crippen molar-refractivity contribution in [2.75, 3.05) is 53.7 Å². The van der Waals surface area contributed by atoms with Crippen molar-refractivity contribution in [1.82, 2.24) is 29.1 Å². The van der Waals surface area contributed by atoms with E-state index in [4.69, 9.17) is 42.7 Å². The molecule has 0 spiro atoms. The van der Waals surface area contributed by atoms with Crippen LogP contribution in [0.2, 0.25) is 0 Å². The highest BCUT2D eigenvalue weighted by molar-refractivity contribution is 7.44. The Kier molecular flexibility index (Phi) is 15.2. The lowest BCUT2D eigenvalue weighted by molar-refractivity contribution is -0.0912. The molecule has 1 N–H and O–H groups in total. The molecule has 4 heterocycles. The minimum absolute atomic E-state index is 0.0633. The Bertz CT molecular complexity index is 2320. The number of aromatic nitrogens is 4. The van der Waals surface area contributed by atoms with E-state index in [2.05, 4.69) is 53.3 Å². The van der Waals surface area contributed by atoms with E-state index in [9.17, 15) is 10.1 Å². The first-order chi connectivity index (χ1) is 30.6. The van der Waals surface area contributed by atoms with Crippen LogP contribution < -0.4 is 15.0 Å². The SMILES string of the molecule is COc1ccc(C(OC[C@H]2O[C@@H](n3cnc4c(=O)[nH]c(N=C(C)N5CCOCC5)nc43)C[C@H]2OP(OCCC#N)N(C(C)C)C(C)C)(c2ccccc2)c2ccc(OC)cc2)cc1. The molecule has 0 saturated carbocycles. The number of benzene rings is 3. The minimum Gasteiger partial charge on any atom is -0.497 e. The molecule has 0 amide bonds. The zero-order chi connectivity index (χ0) is 44.5. The number of methoxy groups -OCH3 is 2. The van der Waals surface area contributed by atoms with Crippen LogP contribution in [-0.2, 0) is 28.9 Å². The molecule has 17 heteroatoms. The van der Waals surface area contributed by atoms with Gasteiger partial charge in [-0.25, -0.2) is 14.6 Å². The molecule has 16 nitrogen and oxygen atoms in total. The van der Waals surface area contributed by atoms with Crippen molar-refractivity contribution in [3.05, 3.63) is 112 Å². The van der Waals surface area contributed by atoms with Gasteiger partial charge in [0.1, 0.15) is 35.3 Å². The van der Waals surface area contributed by atoms with E-state index in [1.165, 1.54) is 0 Å². The number of H-pyrrole nitrogens is 1. The smallest absolute Gasteiger partial charge is 0.280 e. The molecule has 2 fully saturated rings. The zero-order valence-electron chi connectivity index (χ0n) is 37.0. The van der Waals surface area contributed by atoms with Crippen LogP contribution in [0.4, 0.5) is 5.95 Å². The fraction of sp³-hybridized carbons (Fsp3) is 0.457. The highest BCUT2D eigenvalue weighted by atomic mass is 31.2. The van der Waals surface area contributed by atoms with Crippen molar-refractivity contribution >= 4 is 31.5 Å². The molecular formula is C46H57N8O8P. The third kappa shape index (κ3) is 10.3. The Morgan fingerprint density at radius 3 is 2.17 bits per heavy atom. The number of ether oxygens (including phenoxy) is 5. The van der Waals surface area contributed by atoms with Crippen LogP contribution in [0.3, 0.4) is 0 Å². The van der Waals surface area contributed by atoms with Crippen molar-refractivity contribution in [1.29, 1.82) is 5.26 Å². The number of hydrogen-bond donors (Lipinski definition) is 1. The highest BCUT2D eigenvalue weighted by Gasteiger charge is 2.45. The van der Waals surface area contributed by atoms with Crippen LogP contribution in [-0.4, -0.2) is 113 Å². The van der Waals surface area contributed by atoms with E-state index in [1.54, 1.807) is 25.1 Å². The molecule has 4 atom stereocenters. The minimum atomic E-state index is -1.68. The van der Waals surface area contributed by atoms with E-state index in [1.807, 2.05) is 85.8 Å². The first kappa shape index (κ1) is 45.8. The topological polar surface area (TPSA) is 171 Å². The molecule has 3 aromatic carbocycles. The number of nitriles is 1. The van der Waals surface area contributed by atoms with Gasteiger partial charge in [0.05, 0.1) is 65.6 Å². The van der Waals surface area contributed by atoms with Crippen molar-refractivity contribution < 1.29 is 32.7 Å². The maximum absolute atomic E-state index is 13.5. The Hall–Kier alpha value is -5.24. The predicted molar refractivity (Wildman–Crippen MR) is 240 cm³/mol. The van der Waals surface area contributed by atoms with Crippen LogP contribution in [0.5, 0.6) is 11.5 Å². The number of aromatic amines is 1. The lowest BCUT2D eigenvalue weighted by Gasteiger charge is -2.39. The Morgan fingerprint density at radius 1 is 0.968 bits per heavy atom. The van der Waals surface area contributed by atoms with Gasteiger partial charge in [0.25, 0.3) is 14.1 Å². The van der Waals surface area contributed by atoms with Gasteiger partial charge in [-0.15, -0.1) is 0 Å². The van der Waals surface area contributed by atoms with Gasteiger partial charge in [-0.1, -0.05) is 54.6 Å². The fourth-order valence-corrected chi connectivity index (χ4v) is 9.87. The summed E-state index contributed by atoms with van der Waals surface area (Å²) in [5.41, 5.74) is 1.56. The quantitative estimate of drug-likeness (QED) is 0.0303. The van der Waals surface area contributed by atoms with Crippen molar-refractivity contribution in [3.8, 4) is 17.6 Å². The average molecular weight is 881 g/mol. The van der Waals surface area contributed by atoms with Gasteiger partial charge < -0.3 is 37.6 Å². The maximum atomic E-state index is 13.5. The number of nitrogens with zero attached hydrogens (tertiary/aromatic N) is 7. The first-order valence-electron chi connectivity index (χ1n) is 21.3. The molecule has 0 aliphatic carbocycles. The molecule has 7 rings (SSSR count). The van der Waals surface area contributed by atoms with E-state index in [-0.39, 0.29) is 43.2 Å². The monoisotopic (exact) mass is 880 g/mol. The second kappa shape index (κ2) is 21.0. The number of hydrogen-bond acceptors (Lipinski definition) is 13. The second-order valence-electron chi connectivity index (χ2n) is 15.8. The highest BCUT2D eigenvalue weighted by Crippen LogP contribution is 2.51. The third-order valence-electron chi connectivity index (χ3n) is 11.2. The van der Waals surface area contributed by atoms with Gasteiger partial charge in [-0.2, -0.15) is 10.2 Å². The third-order valence-corrected chi connectivity index (χ3v) is 13.3. The number of imidazole rings is 1. The maximum Gasteiger partial charge on any atom is 0.280 e. The molecule has 2 aliphatic rings. The molecule has 2 saturated heterocycles. The van der Waals surface area contributed by atoms with Crippen LogP contribution in [0.15, 0.2) is 95.0 Å². The normalized spacial score (nSPS) is 19.0. The van der Waals surface area contributed by atoms with Gasteiger partial charge in [0, 0.05) is 31.6 Å². The number of rotatable bonds is 18. The Morgan fingerprint density at radius 2 is 1.59 bits per heavy atom. The number of amidine groups is 1. The molecule has 0 radical (unpaired) electrons. The number of aliphatic imine (C=N–C) groups is 1. The summed E-state index contributed by atoms with van der Waals surface area (Å²) in [4.78, 5) is 32.4. The van der Waals surface area contributed by atoms with Gasteiger partial charge in [-0.05, 0) is 75.6 Å². The molecule has 1 unspecified atom stereocenters. The van der Waals surface area contributed by atoms with Crippen LogP contribution in [0.25, 0.3) is 11.2 Å². The lowest BCUT2D eigenvalue weighted by atomic mass is 9.80. The van der Waals surface area contributed by atoms with E-state index < -0.39 is 38.1 Å². The van der Waals surface area contributed by atoms with Crippen LogP contribution in [0.1, 0.15) is 70.4 Å². The summed E-state index contributed by atoms with van der Waals surface area (Å²) in [6, 6.07) is 28.1. The zero-order valence-corrected chi connectivity index (χ0v) is 37.9. The summed E-state index contributed by atoms with van der Waals surface area (Å²) in [7, 11) is 1.60. The summed E-state index contributed by atoms with van der Waals surface area (Å²) >= 11 is 0. The van der Waals surface area contributed by atoms with Gasteiger partial charge >= 0.3 is 0 Å². The van der Waals surface area contributed by atoms with Gasteiger partial charge in [-0.3, -0.25) is 14.3 Å². The largest absolute Gasteiger partial charge is 0.497 e. The number of nitrogens with one attached hydrogen (secondary N) is 1.